The lowest BCUT2D eigenvalue weighted by molar-refractivity contribution is -0.164. The van der Waals surface area contributed by atoms with Gasteiger partial charge in [-0.3, -0.25) is 4.79 Å². The lowest BCUT2D eigenvalue weighted by Crippen LogP contribution is -2.66. The van der Waals surface area contributed by atoms with Gasteiger partial charge in [-0.1, -0.05) is 44.2 Å². The summed E-state index contributed by atoms with van der Waals surface area (Å²) < 4.78 is 0. The zero-order chi connectivity index (χ0) is 13.3. The number of carbonyl (C=O) groups excluding carboxylic acids is 1. The number of hydrogen-bond acceptors (Lipinski definition) is 2. The van der Waals surface area contributed by atoms with E-state index in [4.69, 9.17) is 0 Å². The molecule has 1 aliphatic heterocycles. The van der Waals surface area contributed by atoms with Gasteiger partial charge >= 0.3 is 0 Å². The van der Waals surface area contributed by atoms with E-state index in [2.05, 4.69) is 0 Å². The molecule has 0 saturated carbocycles. The molecular weight excluding hydrogens is 226 g/mol. The van der Waals surface area contributed by atoms with Crippen molar-refractivity contribution in [1.82, 2.24) is 4.90 Å². The van der Waals surface area contributed by atoms with Crippen molar-refractivity contribution in [2.75, 3.05) is 13.1 Å². The summed E-state index contributed by atoms with van der Waals surface area (Å²) in [5.74, 6) is 0.156. The number of nitrogens with zero attached hydrogens (tertiary/aromatic N) is 1. The van der Waals surface area contributed by atoms with Crippen LogP contribution < -0.4 is 0 Å². The molecule has 1 aliphatic rings. The van der Waals surface area contributed by atoms with Crippen LogP contribution in [0.1, 0.15) is 32.3 Å². The van der Waals surface area contributed by atoms with E-state index in [1.165, 1.54) is 0 Å². The molecule has 1 N–H and O–H groups in total. The molecule has 0 aromatic heterocycles. The standard InChI is InChI=1S/C15H21NO2/c1-11(2)15(18)9-16(10-15)14(17)12(3)13-7-5-4-6-8-13/h4-8,11-12,18H,9-10H2,1-3H3. The minimum atomic E-state index is -0.688. The SMILES string of the molecule is CC(C(=O)N1CC(O)(C(C)C)C1)c1ccccc1. The van der Waals surface area contributed by atoms with Crippen LogP contribution >= 0.6 is 0 Å². The molecule has 1 fully saturated rings. The molecule has 3 heteroatoms. The number of carbonyl (C=O) groups is 1. The molecule has 0 spiro atoms. The number of hydrogen-bond donors (Lipinski definition) is 1. The molecule has 1 atom stereocenters. The highest BCUT2D eigenvalue weighted by Crippen LogP contribution is 2.31. The number of rotatable bonds is 3. The van der Waals surface area contributed by atoms with Crippen molar-refractivity contribution in [3.05, 3.63) is 35.9 Å². The average molecular weight is 247 g/mol. The Morgan fingerprint density at radius 1 is 1.22 bits per heavy atom. The molecule has 1 unspecified atom stereocenters. The zero-order valence-corrected chi connectivity index (χ0v) is 11.3. The quantitative estimate of drug-likeness (QED) is 0.887. The van der Waals surface area contributed by atoms with Gasteiger partial charge in [0.05, 0.1) is 19.0 Å². The number of aliphatic hydroxyl groups is 1. The van der Waals surface area contributed by atoms with Crippen molar-refractivity contribution < 1.29 is 9.90 Å². The maximum atomic E-state index is 12.3. The van der Waals surface area contributed by atoms with Gasteiger partial charge in [0.2, 0.25) is 5.91 Å². The largest absolute Gasteiger partial charge is 0.386 e. The zero-order valence-electron chi connectivity index (χ0n) is 11.3. The van der Waals surface area contributed by atoms with E-state index in [1.54, 1.807) is 4.90 Å². The second-order valence-electron chi connectivity index (χ2n) is 5.58. The third kappa shape index (κ3) is 2.27. The highest BCUT2D eigenvalue weighted by Gasteiger charge is 2.46. The first-order valence-electron chi connectivity index (χ1n) is 6.50. The highest BCUT2D eigenvalue weighted by molar-refractivity contribution is 5.84. The maximum absolute atomic E-state index is 12.3. The molecule has 1 heterocycles. The van der Waals surface area contributed by atoms with Crippen molar-refractivity contribution in [3.8, 4) is 0 Å². The average Bonchev–Trinajstić information content (AvgIpc) is 2.34. The summed E-state index contributed by atoms with van der Waals surface area (Å²) in [7, 11) is 0. The minimum absolute atomic E-state index is 0.103. The van der Waals surface area contributed by atoms with Crippen LogP contribution in [-0.2, 0) is 4.79 Å². The molecular formula is C15H21NO2. The van der Waals surface area contributed by atoms with E-state index in [1.807, 2.05) is 51.1 Å². The van der Waals surface area contributed by atoms with E-state index in [9.17, 15) is 9.90 Å². The van der Waals surface area contributed by atoms with Gasteiger partial charge in [0, 0.05) is 0 Å². The molecule has 1 aromatic rings. The van der Waals surface area contributed by atoms with Crippen molar-refractivity contribution >= 4 is 5.91 Å². The Kier molecular flexibility index (Phi) is 3.44. The van der Waals surface area contributed by atoms with Gasteiger partial charge in [0.1, 0.15) is 5.60 Å². The Bertz CT molecular complexity index is 421. The first-order chi connectivity index (χ1) is 8.44. The lowest BCUT2D eigenvalue weighted by atomic mass is 9.82. The molecule has 3 nitrogen and oxygen atoms in total. The fourth-order valence-electron chi connectivity index (χ4n) is 2.29. The molecule has 1 amide bonds. The van der Waals surface area contributed by atoms with E-state index in [-0.39, 0.29) is 17.7 Å². The van der Waals surface area contributed by atoms with Crippen LogP contribution in [0.15, 0.2) is 30.3 Å². The number of likely N-dealkylation sites (tertiary alicyclic amines) is 1. The van der Waals surface area contributed by atoms with Crippen LogP contribution in [0.3, 0.4) is 0 Å². The summed E-state index contributed by atoms with van der Waals surface area (Å²) >= 11 is 0. The van der Waals surface area contributed by atoms with Gasteiger partial charge in [-0.15, -0.1) is 0 Å². The molecule has 0 radical (unpaired) electrons. The molecule has 0 bridgehead atoms. The van der Waals surface area contributed by atoms with E-state index in [0.29, 0.717) is 13.1 Å². The Balaban J connectivity index is 1.99. The van der Waals surface area contributed by atoms with Gasteiger partial charge < -0.3 is 10.0 Å². The summed E-state index contributed by atoms with van der Waals surface area (Å²) in [5, 5.41) is 10.2. The Morgan fingerprint density at radius 2 is 1.78 bits per heavy atom. The van der Waals surface area contributed by atoms with Crippen LogP contribution in [0.2, 0.25) is 0 Å². The second kappa shape index (κ2) is 4.73. The fraction of sp³-hybridized carbons (Fsp3) is 0.533. The lowest BCUT2D eigenvalue weighted by Gasteiger charge is -2.49. The Hall–Kier alpha value is -1.35. The van der Waals surface area contributed by atoms with Gasteiger partial charge in [0.25, 0.3) is 0 Å². The summed E-state index contributed by atoms with van der Waals surface area (Å²) in [5.41, 5.74) is 0.342. The van der Waals surface area contributed by atoms with E-state index in [0.717, 1.165) is 5.56 Å². The predicted octanol–water partition coefficient (Wildman–Crippen LogP) is 2.02. The maximum Gasteiger partial charge on any atom is 0.230 e. The topological polar surface area (TPSA) is 40.5 Å². The van der Waals surface area contributed by atoms with Crippen LogP contribution in [0, 0.1) is 5.92 Å². The van der Waals surface area contributed by atoms with Crippen LogP contribution in [-0.4, -0.2) is 34.6 Å². The van der Waals surface area contributed by atoms with Crippen LogP contribution in [0.4, 0.5) is 0 Å². The smallest absolute Gasteiger partial charge is 0.230 e. The van der Waals surface area contributed by atoms with Gasteiger partial charge in [0.15, 0.2) is 0 Å². The van der Waals surface area contributed by atoms with Gasteiger partial charge in [-0.2, -0.15) is 0 Å². The van der Waals surface area contributed by atoms with Crippen molar-refractivity contribution in [2.45, 2.75) is 32.3 Å². The van der Waals surface area contributed by atoms with Crippen LogP contribution in [0.5, 0.6) is 0 Å². The predicted molar refractivity (Wildman–Crippen MR) is 71.2 cm³/mol. The van der Waals surface area contributed by atoms with Gasteiger partial charge in [-0.05, 0) is 18.4 Å². The Morgan fingerprint density at radius 3 is 2.28 bits per heavy atom. The molecule has 2 rings (SSSR count). The van der Waals surface area contributed by atoms with Crippen LogP contribution in [0.25, 0.3) is 0 Å². The minimum Gasteiger partial charge on any atom is -0.386 e. The summed E-state index contributed by atoms with van der Waals surface area (Å²) in [6.45, 7) is 6.82. The van der Waals surface area contributed by atoms with Crippen molar-refractivity contribution in [2.24, 2.45) is 5.92 Å². The monoisotopic (exact) mass is 247 g/mol. The Labute approximate surface area is 108 Å². The molecule has 1 aromatic carbocycles. The third-order valence-corrected chi connectivity index (χ3v) is 3.99. The fourth-order valence-corrected chi connectivity index (χ4v) is 2.29. The molecule has 0 aliphatic carbocycles. The number of β-amino-alcohol motifs (C(OH)–C–C–N with tert-alkyl or cyclic N) is 1. The first kappa shape index (κ1) is 13.1. The van der Waals surface area contributed by atoms with Crippen molar-refractivity contribution in [3.63, 3.8) is 0 Å². The molecule has 98 valence electrons. The van der Waals surface area contributed by atoms with E-state index >= 15 is 0 Å². The normalized spacial score (nSPS) is 19.5. The highest BCUT2D eigenvalue weighted by atomic mass is 16.3. The third-order valence-electron chi connectivity index (χ3n) is 3.99. The molecule has 18 heavy (non-hydrogen) atoms. The summed E-state index contributed by atoms with van der Waals surface area (Å²) in [6, 6.07) is 9.77. The van der Waals surface area contributed by atoms with Crippen molar-refractivity contribution in [1.29, 1.82) is 0 Å². The van der Waals surface area contributed by atoms with E-state index < -0.39 is 5.60 Å². The summed E-state index contributed by atoms with van der Waals surface area (Å²) in [6.07, 6.45) is 0. The summed E-state index contributed by atoms with van der Waals surface area (Å²) in [4.78, 5) is 14.0. The van der Waals surface area contributed by atoms with Gasteiger partial charge in [-0.25, -0.2) is 0 Å². The number of amides is 1. The first-order valence-corrected chi connectivity index (χ1v) is 6.50. The molecule has 1 saturated heterocycles. The number of benzene rings is 1. The second-order valence-corrected chi connectivity index (χ2v) is 5.58.